The molecule has 0 aliphatic carbocycles. The van der Waals surface area contributed by atoms with E-state index in [4.69, 9.17) is 4.74 Å². The van der Waals surface area contributed by atoms with E-state index in [1.165, 1.54) is 12.1 Å². The first-order valence-electron chi connectivity index (χ1n) is 6.79. The van der Waals surface area contributed by atoms with Crippen LogP contribution in [0.5, 0.6) is 0 Å². The van der Waals surface area contributed by atoms with Crippen molar-refractivity contribution in [2.24, 2.45) is 5.92 Å². The van der Waals surface area contributed by atoms with E-state index in [0.717, 1.165) is 6.07 Å². The summed E-state index contributed by atoms with van der Waals surface area (Å²) in [5, 5.41) is 3.16. The van der Waals surface area contributed by atoms with Crippen LogP contribution in [0.2, 0.25) is 0 Å². The monoisotopic (exact) mass is 289 g/mol. The van der Waals surface area contributed by atoms with Crippen molar-refractivity contribution >= 4 is 0 Å². The second kappa shape index (κ2) is 7.64. The van der Waals surface area contributed by atoms with Gasteiger partial charge >= 0.3 is 6.18 Å². The predicted molar refractivity (Wildman–Crippen MR) is 73.5 cm³/mol. The van der Waals surface area contributed by atoms with Crippen LogP contribution < -0.4 is 5.32 Å². The highest BCUT2D eigenvalue weighted by Crippen LogP contribution is 2.30. The smallest absolute Gasteiger partial charge is 0.380 e. The van der Waals surface area contributed by atoms with E-state index in [0.29, 0.717) is 31.2 Å². The van der Waals surface area contributed by atoms with Gasteiger partial charge in [0.25, 0.3) is 0 Å². The van der Waals surface area contributed by atoms with Gasteiger partial charge in [0.1, 0.15) is 0 Å². The first-order valence-corrected chi connectivity index (χ1v) is 6.79. The molecular formula is C15H22F3NO. The molecule has 0 aromatic heterocycles. The summed E-state index contributed by atoms with van der Waals surface area (Å²) in [4.78, 5) is 0. The van der Waals surface area contributed by atoms with Crippen molar-refractivity contribution in [2.75, 3.05) is 19.8 Å². The van der Waals surface area contributed by atoms with Crippen molar-refractivity contribution < 1.29 is 17.9 Å². The Morgan fingerprint density at radius 1 is 1.20 bits per heavy atom. The van der Waals surface area contributed by atoms with Gasteiger partial charge in [0.2, 0.25) is 0 Å². The summed E-state index contributed by atoms with van der Waals surface area (Å²) in [6, 6.07) is 5.27. The zero-order valence-corrected chi connectivity index (χ0v) is 12.1. The van der Waals surface area contributed by atoms with Gasteiger partial charge in [0.05, 0.1) is 12.2 Å². The SMILES string of the molecule is CC(C)COCCNC(C)c1cccc(C(F)(F)F)c1. The lowest BCUT2D eigenvalue weighted by molar-refractivity contribution is -0.137. The molecule has 114 valence electrons. The molecule has 1 rings (SSSR count). The third-order valence-corrected chi connectivity index (χ3v) is 2.86. The predicted octanol–water partition coefficient (Wildman–Crippen LogP) is 4.03. The minimum Gasteiger partial charge on any atom is -0.380 e. The lowest BCUT2D eigenvalue weighted by Crippen LogP contribution is -2.24. The lowest BCUT2D eigenvalue weighted by atomic mass is 10.0. The standard InChI is InChI=1S/C15H22F3NO/c1-11(2)10-20-8-7-19-12(3)13-5-4-6-14(9-13)15(16,17)18/h4-6,9,11-12,19H,7-8,10H2,1-3H3. The fraction of sp³-hybridized carbons (Fsp3) is 0.600. The van der Waals surface area contributed by atoms with Gasteiger partial charge in [0, 0.05) is 19.2 Å². The molecule has 0 fully saturated rings. The highest BCUT2D eigenvalue weighted by molar-refractivity contribution is 5.27. The number of hydrogen-bond acceptors (Lipinski definition) is 2. The Hall–Kier alpha value is -1.07. The maximum absolute atomic E-state index is 12.6. The summed E-state index contributed by atoms with van der Waals surface area (Å²) in [6.07, 6.45) is -4.30. The topological polar surface area (TPSA) is 21.3 Å². The van der Waals surface area contributed by atoms with Gasteiger partial charge in [-0.3, -0.25) is 0 Å². The molecule has 0 saturated carbocycles. The normalized spacial score (nSPS) is 13.8. The number of nitrogens with one attached hydrogen (secondary N) is 1. The molecule has 0 aliphatic heterocycles. The highest BCUT2D eigenvalue weighted by Gasteiger charge is 2.30. The average Bonchev–Trinajstić information content (AvgIpc) is 2.37. The van der Waals surface area contributed by atoms with E-state index in [1.807, 2.05) is 6.92 Å². The Balaban J connectivity index is 2.45. The zero-order valence-electron chi connectivity index (χ0n) is 12.1. The lowest BCUT2D eigenvalue weighted by Gasteiger charge is -2.16. The molecule has 20 heavy (non-hydrogen) atoms. The molecule has 0 amide bonds. The molecule has 0 radical (unpaired) electrons. The van der Waals surface area contributed by atoms with Crippen LogP contribution in [0.4, 0.5) is 13.2 Å². The van der Waals surface area contributed by atoms with Crippen molar-refractivity contribution in [3.63, 3.8) is 0 Å². The van der Waals surface area contributed by atoms with Gasteiger partial charge in [0.15, 0.2) is 0 Å². The summed E-state index contributed by atoms with van der Waals surface area (Å²) in [5.41, 5.74) is 0.0170. The largest absolute Gasteiger partial charge is 0.416 e. The molecule has 0 heterocycles. The van der Waals surface area contributed by atoms with Gasteiger partial charge in [-0.1, -0.05) is 26.0 Å². The quantitative estimate of drug-likeness (QED) is 0.765. The molecule has 0 bridgehead atoms. The highest BCUT2D eigenvalue weighted by atomic mass is 19.4. The zero-order chi connectivity index (χ0) is 15.2. The number of rotatable bonds is 7. The molecule has 5 heteroatoms. The van der Waals surface area contributed by atoms with Crippen LogP contribution in [-0.2, 0) is 10.9 Å². The fourth-order valence-electron chi connectivity index (χ4n) is 1.77. The van der Waals surface area contributed by atoms with Gasteiger partial charge < -0.3 is 10.1 Å². The van der Waals surface area contributed by atoms with Gasteiger partial charge in [-0.05, 0) is 30.5 Å². The van der Waals surface area contributed by atoms with E-state index in [1.54, 1.807) is 6.07 Å². The molecule has 0 aliphatic rings. The van der Waals surface area contributed by atoms with Crippen molar-refractivity contribution in [2.45, 2.75) is 33.0 Å². The van der Waals surface area contributed by atoms with Crippen molar-refractivity contribution in [3.8, 4) is 0 Å². The van der Waals surface area contributed by atoms with Gasteiger partial charge in [-0.2, -0.15) is 13.2 Å². The van der Waals surface area contributed by atoms with Crippen LogP contribution >= 0.6 is 0 Å². The summed E-state index contributed by atoms with van der Waals surface area (Å²) in [7, 11) is 0. The Morgan fingerprint density at radius 3 is 2.50 bits per heavy atom. The molecule has 0 spiro atoms. The first-order chi connectivity index (χ1) is 9.30. The number of alkyl halides is 3. The Kier molecular flexibility index (Phi) is 6.49. The van der Waals surface area contributed by atoms with Gasteiger partial charge in [-0.25, -0.2) is 0 Å². The van der Waals surface area contributed by atoms with Crippen LogP contribution in [0.15, 0.2) is 24.3 Å². The number of benzene rings is 1. The Labute approximate surface area is 118 Å². The van der Waals surface area contributed by atoms with E-state index in [2.05, 4.69) is 19.2 Å². The molecule has 1 atom stereocenters. The average molecular weight is 289 g/mol. The van der Waals surface area contributed by atoms with Crippen molar-refractivity contribution in [3.05, 3.63) is 35.4 Å². The third-order valence-electron chi connectivity index (χ3n) is 2.86. The summed E-state index contributed by atoms with van der Waals surface area (Å²) < 4.78 is 43.3. The van der Waals surface area contributed by atoms with Crippen LogP contribution in [0.1, 0.15) is 37.9 Å². The van der Waals surface area contributed by atoms with E-state index >= 15 is 0 Å². The van der Waals surface area contributed by atoms with Crippen LogP contribution in [0, 0.1) is 5.92 Å². The molecular weight excluding hydrogens is 267 g/mol. The fourth-order valence-corrected chi connectivity index (χ4v) is 1.77. The van der Waals surface area contributed by atoms with E-state index in [-0.39, 0.29) is 6.04 Å². The second-order valence-corrected chi connectivity index (χ2v) is 5.27. The summed E-state index contributed by atoms with van der Waals surface area (Å²) in [5.74, 6) is 0.482. The molecule has 1 aromatic rings. The van der Waals surface area contributed by atoms with Crippen LogP contribution in [-0.4, -0.2) is 19.8 Å². The maximum Gasteiger partial charge on any atom is 0.416 e. The molecule has 2 nitrogen and oxygen atoms in total. The van der Waals surface area contributed by atoms with Crippen LogP contribution in [0.25, 0.3) is 0 Å². The molecule has 1 unspecified atom stereocenters. The molecule has 1 N–H and O–H groups in total. The van der Waals surface area contributed by atoms with Crippen molar-refractivity contribution in [1.82, 2.24) is 5.32 Å². The number of hydrogen-bond donors (Lipinski definition) is 1. The maximum atomic E-state index is 12.6. The third kappa shape index (κ3) is 5.92. The Morgan fingerprint density at radius 2 is 1.90 bits per heavy atom. The molecule has 1 aromatic carbocycles. The first kappa shape index (κ1) is 17.0. The summed E-state index contributed by atoms with van der Waals surface area (Å²) >= 11 is 0. The van der Waals surface area contributed by atoms with Gasteiger partial charge in [-0.15, -0.1) is 0 Å². The molecule has 0 saturated heterocycles. The van der Waals surface area contributed by atoms with E-state index in [9.17, 15) is 13.2 Å². The van der Waals surface area contributed by atoms with Crippen LogP contribution in [0.3, 0.4) is 0 Å². The second-order valence-electron chi connectivity index (χ2n) is 5.27. The van der Waals surface area contributed by atoms with E-state index < -0.39 is 11.7 Å². The number of halogens is 3. The minimum absolute atomic E-state index is 0.139. The minimum atomic E-state index is -4.30. The summed E-state index contributed by atoms with van der Waals surface area (Å²) in [6.45, 7) is 7.85. The number of ether oxygens (including phenoxy) is 1. The Bertz CT molecular complexity index is 404. The van der Waals surface area contributed by atoms with Crippen molar-refractivity contribution in [1.29, 1.82) is 0 Å².